The van der Waals surface area contributed by atoms with Crippen molar-refractivity contribution in [2.45, 2.75) is 6.10 Å². The zero-order chi connectivity index (χ0) is 11.7. The zero-order valence-corrected chi connectivity index (χ0v) is 9.49. The second-order valence-corrected chi connectivity index (χ2v) is 4.09. The highest BCUT2D eigenvalue weighted by molar-refractivity contribution is 5.68. The molecule has 1 atom stereocenters. The molecule has 1 saturated heterocycles. The summed E-state index contributed by atoms with van der Waals surface area (Å²) in [5, 5.41) is 4.21. The molecule has 6 heteroatoms. The van der Waals surface area contributed by atoms with Gasteiger partial charge in [0.1, 0.15) is 5.52 Å². The van der Waals surface area contributed by atoms with Gasteiger partial charge in [0.2, 0.25) is 0 Å². The van der Waals surface area contributed by atoms with Crippen molar-refractivity contribution < 1.29 is 4.74 Å². The first-order valence-corrected chi connectivity index (χ1v) is 5.73. The molecule has 0 amide bonds. The Morgan fingerprint density at radius 2 is 2.41 bits per heavy atom. The molecule has 6 nitrogen and oxygen atoms in total. The van der Waals surface area contributed by atoms with E-state index in [1.54, 1.807) is 12.4 Å². The van der Waals surface area contributed by atoms with Gasteiger partial charge in [-0.2, -0.15) is 5.10 Å². The van der Waals surface area contributed by atoms with Crippen LogP contribution in [-0.4, -0.2) is 46.9 Å². The topological polar surface area (TPSA) is 68.7 Å². The molecule has 1 aliphatic heterocycles. The van der Waals surface area contributed by atoms with E-state index in [1.165, 1.54) is 0 Å². The molecule has 1 fully saturated rings. The quantitative estimate of drug-likeness (QED) is 0.784. The van der Waals surface area contributed by atoms with E-state index in [-0.39, 0.29) is 6.10 Å². The van der Waals surface area contributed by atoms with Gasteiger partial charge in [0.15, 0.2) is 5.82 Å². The van der Waals surface area contributed by atoms with Crippen molar-refractivity contribution in [1.29, 1.82) is 0 Å². The Bertz CT molecular complexity index is 511. The second-order valence-electron chi connectivity index (χ2n) is 4.09. The molecule has 17 heavy (non-hydrogen) atoms. The monoisotopic (exact) mass is 233 g/mol. The lowest BCUT2D eigenvalue weighted by molar-refractivity contribution is 0.0464. The fourth-order valence-electron chi connectivity index (χ4n) is 2.14. The van der Waals surface area contributed by atoms with Crippen LogP contribution in [-0.2, 0) is 4.74 Å². The van der Waals surface area contributed by atoms with Gasteiger partial charge in [0.05, 0.1) is 18.9 Å². The van der Waals surface area contributed by atoms with Gasteiger partial charge in [-0.25, -0.2) is 9.50 Å². The van der Waals surface area contributed by atoms with E-state index >= 15 is 0 Å². The number of anilines is 1. The maximum absolute atomic E-state index is 5.65. The molecule has 0 spiro atoms. The molecule has 3 rings (SSSR count). The molecule has 2 aromatic rings. The van der Waals surface area contributed by atoms with Gasteiger partial charge in [-0.1, -0.05) is 0 Å². The minimum absolute atomic E-state index is 0.0914. The number of morpholine rings is 1. The molecular weight excluding hydrogens is 218 g/mol. The van der Waals surface area contributed by atoms with Crippen LogP contribution < -0.4 is 10.6 Å². The SMILES string of the molecule is NCC1CN(c2nccn3nccc23)CCO1. The number of aromatic nitrogens is 3. The van der Waals surface area contributed by atoms with E-state index in [4.69, 9.17) is 10.5 Å². The molecular formula is C11H15N5O. The molecule has 2 aromatic heterocycles. The van der Waals surface area contributed by atoms with E-state index in [0.29, 0.717) is 13.2 Å². The van der Waals surface area contributed by atoms with Gasteiger partial charge in [-0.05, 0) is 6.07 Å². The average Bonchev–Trinajstić information content (AvgIpc) is 2.87. The van der Waals surface area contributed by atoms with E-state index in [0.717, 1.165) is 24.4 Å². The van der Waals surface area contributed by atoms with Gasteiger partial charge in [-0.3, -0.25) is 0 Å². The number of fused-ring (bicyclic) bond motifs is 1. The Kier molecular flexibility index (Phi) is 2.66. The molecule has 2 N–H and O–H groups in total. The van der Waals surface area contributed by atoms with E-state index in [1.807, 2.05) is 16.8 Å². The highest BCUT2D eigenvalue weighted by Crippen LogP contribution is 2.20. The maximum Gasteiger partial charge on any atom is 0.154 e. The van der Waals surface area contributed by atoms with Crippen LogP contribution in [0.4, 0.5) is 5.82 Å². The molecule has 1 aliphatic rings. The summed E-state index contributed by atoms with van der Waals surface area (Å²) in [4.78, 5) is 6.65. The van der Waals surface area contributed by atoms with Crippen molar-refractivity contribution in [3.05, 3.63) is 24.7 Å². The summed E-state index contributed by atoms with van der Waals surface area (Å²) >= 11 is 0. The van der Waals surface area contributed by atoms with E-state index in [2.05, 4.69) is 15.0 Å². The Morgan fingerprint density at radius 3 is 3.29 bits per heavy atom. The predicted octanol–water partition coefficient (Wildman–Crippen LogP) is -0.107. The van der Waals surface area contributed by atoms with Crippen molar-refractivity contribution in [3.8, 4) is 0 Å². The van der Waals surface area contributed by atoms with E-state index < -0.39 is 0 Å². The summed E-state index contributed by atoms with van der Waals surface area (Å²) in [6, 6.07) is 1.97. The van der Waals surface area contributed by atoms with Crippen LogP contribution in [0.15, 0.2) is 24.7 Å². The molecule has 0 radical (unpaired) electrons. The highest BCUT2D eigenvalue weighted by atomic mass is 16.5. The van der Waals surface area contributed by atoms with Crippen LogP contribution in [0.3, 0.4) is 0 Å². The van der Waals surface area contributed by atoms with Gasteiger partial charge in [0.25, 0.3) is 0 Å². The van der Waals surface area contributed by atoms with Crippen LogP contribution in [0, 0.1) is 0 Å². The number of hydrogen-bond donors (Lipinski definition) is 1. The van der Waals surface area contributed by atoms with Crippen molar-refractivity contribution in [1.82, 2.24) is 14.6 Å². The van der Waals surface area contributed by atoms with Crippen molar-refractivity contribution >= 4 is 11.3 Å². The summed E-state index contributed by atoms with van der Waals surface area (Å²) < 4.78 is 7.38. The third kappa shape index (κ3) is 1.85. The highest BCUT2D eigenvalue weighted by Gasteiger charge is 2.21. The molecule has 1 unspecified atom stereocenters. The molecule has 0 saturated carbocycles. The first-order chi connectivity index (χ1) is 8.38. The minimum Gasteiger partial charge on any atom is -0.373 e. The Labute approximate surface area is 99.0 Å². The third-order valence-electron chi connectivity index (χ3n) is 3.01. The first-order valence-electron chi connectivity index (χ1n) is 5.73. The van der Waals surface area contributed by atoms with Crippen molar-refractivity contribution in [2.24, 2.45) is 5.73 Å². The van der Waals surface area contributed by atoms with Gasteiger partial charge in [0, 0.05) is 32.0 Å². The Hall–Kier alpha value is -1.66. The number of rotatable bonds is 2. The van der Waals surface area contributed by atoms with Crippen LogP contribution in [0.1, 0.15) is 0 Å². The Balaban J connectivity index is 1.94. The lowest BCUT2D eigenvalue weighted by atomic mass is 10.2. The molecule has 3 heterocycles. The van der Waals surface area contributed by atoms with Crippen LogP contribution in [0.5, 0.6) is 0 Å². The number of ether oxygens (including phenoxy) is 1. The summed E-state index contributed by atoms with van der Waals surface area (Å²) in [6.45, 7) is 2.86. The fraction of sp³-hybridized carbons (Fsp3) is 0.455. The van der Waals surface area contributed by atoms with Crippen LogP contribution in [0.25, 0.3) is 5.52 Å². The van der Waals surface area contributed by atoms with Gasteiger partial charge >= 0.3 is 0 Å². The van der Waals surface area contributed by atoms with E-state index in [9.17, 15) is 0 Å². The van der Waals surface area contributed by atoms with Crippen molar-refractivity contribution in [2.75, 3.05) is 31.1 Å². The Morgan fingerprint density at radius 1 is 1.47 bits per heavy atom. The summed E-state index contributed by atoms with van der Waals surface area (Å²) in [6.07, 6.45) is 5.48. The average molecular weight is 233 g/mol. The number of hydrogen-bond acceptors (Lipinski definition) is 5. The molecule has 0 aliphatic carbocycles. The fourth-order valence-corrected chi connectivity index (χ4v) is 2.14. The molecule has 90 valence electrons. The number of nitrogens with zero attached hydrogens (tertiary/aromatic N) is 4. The standard InChI is InChI=1S/C11H15N5O/c12-7-9-8-15(5-6-17-9)11-10-1-2-14-16(10)4-3-13-11/h1-4,9H,5-8,12H2. The lowest BCUT2D eigenvalue weighted by Crippen LogP contribution is -2.46. The third-order valence-corrected chi connectivity index (χ3v) is 3.01. The normalized spacial score (nSPS) is 21.0. The summed E-state index contributed by atoms with van der Waals surface area (Å²) in [5.74, 6) is 0.951. The maximum atomic E-state index is 5.65. The number of nitrogens with two attached hydrogens (primary N) is 1. The van der Waals surface area contributed by atoms with Crippen LogP contribution in [0.2, 0.25) is 0 Å². The minimum atomic E-state index is 0.0914. The first kappa shape index (κ1) is 10.5. The molecule has 0 bridgehead atoms. The van der Waals surface area contributed by atoms with Gasteiger partial charge < -0.3 is 15.4 Å². The summed E-state index contributed by atoms with van der Waals surface area (Å²) in [7, 11) is 0. The van der Waals surface area contributed by atoms with Crippen LogP contribution >= 0.6 is 0 Å². The smallest absolute Gasteiger partial charge is 0.154 e. The van der Waals surface area contributed by atoms with Crippen molar-refractivity contribution in [3.63, 3.8) is 0 Å². The summed E-state index contributed by atoms with van der Waals surface area (Å²) in [5.41, 5.74) is 6.67. The predicted molar refractivity (Wildman–Crippen MR) is 64.0 cm³/mol. The molecule has 0 aromatic carbocycles. The lowest BCUT2D eigenvalue weighted by Gasteiger charge is -2.33. The zero-order valence-electron chi connectivity index (χ0n) is 9.49. The second kappa shape index (κ2) is 4.31. The largest absolute Gasteiger partial charge is 0.373 e. The van der Waals surface area contributed by atoms with Gasteiger partial charge in [-0.15, -0.1) is 0 Å².